The maximum absolute atomic E-state index is 5.58. The number of hydrogen-bond donors (Lipinski definition) is 0. The number of halogens is 1. The Morgan fingerprint density at radius 3 is 2.36 bits per heavy atom. The summed E-state index contributed by atoms with van der Waals surface area (Å²) in [6.45, 7) is 4.38. The standard InChI is InChI=1S/C9H12IO/c1-8(2)10-11-9-6-4-3-5-7-9/h3-8H,1-2H3/q-1. The zero-order valence-corrected chi connectivity index (χ0v) is 8.91. The molecule has 0 fully saturated rings. The van der Waals surface area contributed by atoms with Gasteiger partial charge in [0.1, 0.15) is 0 Å². The minimum absolute atomic E-state index is 0.113. The van der Waals surface area contributed by atoms with Crippen LogP contribution in [0, 0.1) is 0 Å². The molecule has 0 N–H and O–H groups in total. The van der Waals surface area contributed by atoms with Gasteiger partial charge in [-0.2, -0.15) is 0 Å². The van der Waals surface area contributed by atoms with Crippen LogP contribution in [0.1, 0.15) is 13.8 Å². The summed E-state index contributed by atoms with van der Waals surface area (Å²) < 4.78 is 6.28. The fraction of sp³-hybridized carbons (Fsp3) is 0.333. The van der Waals surface area contributed by atoms with E-state index in [0.29, 0.717) is 3.92 Å². The van der Waals surface area contributed by atoms with Crippen molar-refractivity contribution in [3.05, 3.63) is 30.3 Å². The topological polar surface area (TPSA) is 9.23 Å². The summed E-state index contributed by atoms with van der Waals surface area (Å²) in [5, 5.41) is 0. The summed E-state index contributed by atoms with van der Waals surface area (Å²) in [6.07, 6.45) is 0. The number of rotatable bonds is 3. The van der Waals surface area contributed by atoms with Crippen molar-refractivity contribution in [2.24, 2.45) is 0 Å². The van der Waals surface area contributed by atoms with Crippen molar-refractivity contribution in [3.63, 3.8) is 0 Å². The number of benzene rings is 1. The predicted octanol–water partition coefficient (Wildman–Crippen LogP) is -0.522. The van der Waals surface area contributed by atoms with Crippen LogP contribution in [0.3, 0.4) is 0 Å². The van der Waals surface area contributed by atoms with Crippen molar-refractivity contribution >= 4 is 0 Å². The maximum atomic E-state index is 5.58. The van der Waals surface area contributed by atoms with Crippen molar-refractivity contribution < 1.29 is 24.7 Å². The van der Waals surface area contributed by atoms with Crippen molar-refractivity contribution in [1.29, 1.82) is 0 Å². The van der Waals surface area contributed by atoms with Crippen LogP contribution in [0.15, 0.2) is 30.3 Å². The molecule has 0 spiro atoms. The molecule has 0 radical (unpaired) electrons. The summed E-state index contributed by atoms with van der Waals surface area (Å²) in [7, 11) is 0. The van der Waals surface area contributed by atoms with E-state index in [0.717, 1.165) is 5.75 Å². The molecule has 0 saturated carbocycles. The van der Waals surface area contributed by atoms with Gasteiger partial charge >= 0.3 is 78.5 Å². The third-order valence-corrected chi connectivity index (χ3v) is 2.83. The molecule has 11 heavy (non-hydrogen) atoms. The van der Waals surface area contributed by atoms with Crippen LogP contribution in [0.25, 0.3) is 0 Å². The van der Waals surface area contributed by atoms with E-state index in [4.69, 9.17) is 3.07 Å². The molecule has 0 atom stereocenters. The molecule has 62 valence electrons. The quantitative estimate of drug-likeness (QED) is 0.526. The summed E-state index contributed by atoms with van der Waals surface area (Å²) in [6, 6.07) is 10.0. The first kappa shape index (κ1) is 8.84. The van der Waals surface area contributed by atoms with E-state index in [1.165, 1.54) is 0 Å². The Hall–Kier alpha value is -0.250. The van der Waals surface area contributed by atoms with Crippen molar-refractivity contribution in [3.8, 4) is 5.75 Å². The van der Waals surface area contributed by atoms with E-state index in [1.807, 2.05) is 30.3 Å². The van der Waals surface area contributed by atoms with Crippen LogP contribution in [-0.4, -0.2) is 3.92 Å². The zero-order valence-electron chi connectivity index (χ0n) is 6.75. The molecule has 1 nitrogen and oxygen atoms in total. The van der Waals surface area contributed by atoms with Crippen LogP contribution in [0.4, 0.5) is 0 Å². The Balaban J connectivity index is 2.39. The van der Waals surface area contributed by atoms with Gasteiger partial charge in [-0.15, -0.1) is 0 Å². The van der Waals surface area contributed by atoms with E-state index in [-0.39, 0.29) is 21.6 Å². The molecule has 0 bridgehead atoms. The second-order valence-corrected chi connectivity index (χ2v) is 5.93. The van der Waals surface area contributed by atoms with Crippen LogP contribution >= 0.6 is 0 Å². The number of hydrogen-bond acceptors (Lipinski definition) is 1. The second-order valence-electron chi connectivity index (χ2n) is 2.49. The van der Waals surface area contributed by atoms with E-state index in [1.54, 1.807) is 0 Å². The summed E-state index contributed by atoms with van der Waals surface area (Å²) in [5.41, 5.74) is 0. The van der Waals surface area contributed by atoms with E-state index >= 15 is 0 Å². The van der Waals surface area contributed by atoms with E-state index in [9.17, 15) is 0 Å². The molecule has 0 aliphatic rings. The average Bonchev–Trinajstić information content (AvgIpc) is 2.03. The molecule has 0 heterocycles. The van der Waals surface area contributed by atoms with Crippen LogP contribution in [-0.2, 0) is 0 Å². The Bertz CT molecular complexity index is 196. The van der Waals surface area contributed by atoms with Gasteiger partial charge in [0.15, 0.2) is 0 Å². The fourth-order valence-electron chi connectivity index (χ4n) is 0.612. The van der Waals surface area contributed by atoms with Crippen LogP contribution in [0.5, 0.6) is 5.75 Å². The number of alkyl halides is 1. The van der Waals surface area contributed by atoms with Gasteiger partial charge in [-0.3, -0.25) is 0 Å². The van der Waals surface area contributed by atoms with Crippen molar-refractivity contribution in [2.75, 3.05) is 0 Å². The molecule has 0 saturated heterocycles. The van der Waals surface area contributed by atoms with Crippen LogP contribution in [0.2, 0.25) is 0 Å². The molecule has 0 amide bonds. The molecule has 1 aromatic rings. The first-order chi connectivity index (χ1) is 5.29. The zero-order chi connectivity index (χ0) is 8.10. The summed E-state index contributed by atoms with van der Waals surface area (Å²) >= 11 is -0.113. The molecule has 2 heteroatoms. The van der Waals surface area contributed by atoms with Crippen molar-refractivity contribution in [1.82, 2.24) is 0 Å². The van der Waals surface area contributed by atoms with Gasteiger partial charge < -0.3 is 0 Å². The molecule has 0 aliphatic heterocycles. The van der Waals surface area contributed by atoms with Gasteiger partial charge in [-0.1, -0.05) is 0 Å². The monoisotopic (exact) mass is 263 g/mol. The number of para-hydroxylation sites is 1. The van der Waals surface area contributed by atoms with Gasteiger partial charge in [0, 0.05) is 0 Å². The van der Waals surface area contributed by atoms with Gasteiger partial charge in [-0.05, 0) is 0 Å². The van der Waals surface area contributed by atoms with Gasteiger partial charge in [0.25, 0.3) is 0 Å². The minimum atomic E-state index is -0.113. The van der Waals surface area contributed by atoms with E-state index in [2.05, 4.69) is 13.8 Å². The van der Waals surface area contributed by atoms with E-state index < -0.39 is 0 Å². The van der Waals surface area contributed by atoms with Crippen molar-refractivity contribution in [2.45, 2.75) is 17.8 Å². The Labute approximate surface area is 78.6 Å². The van der Waals surface area contributed by atoms with Gasteiger partial charge in [-0.25, -0.2) is 0 Å². The molecule has 0 aromatic heterocycles. The van der Waals surface area contributed by atoms with Gasteiger partial charge in [0.2, 0.25) is 0 Å². The Morgan fingerprint density at radius 1 is 1.18 bits per heavy atom. The van der Waals surface area contributed by atoms with Gasteiger partial charge in [0.05, 0.1) is 0 Å². The van der Waals surface area contributed by atoms with Crippen LogP contribution < -0.4 is 24.7 Å². The first-order valence-corrected chi connectivity index (χ1v) is 5.77. The Kier molecular flexibility index (Phi) is 3.69. The second kappa shape index (κ2) is 4.59. The molecule has 1 rings (SSSR count). The molecule has 0 unspecified atom stereocenters. The third-order valence-electron chi connectivity index (χ3n) is 1.06. The molecular formula is C9H12IO-. The SMILES string of the molecule is CC(C)[I-]Oc1ccccc1. The Morgan fingerprint density at radius 2 is 1.82 bits per heavy atom. The normalized spacial score (nSPS) is 10.5. The predicted molar refractivity (Wildman–Crippen MR) is 42.2 cm³/mol. The first-order valence-electron chi connectivity index (χ1n) is 3.64. The average molecular weight is 263 g/mol. The molecular weight excluding hydrogens is 251 g/mol. The third kappa shape index (κ3) is 3.60. The fourth-order valence-corrected chi connectivity index (χ4v) is 1.71. The summed E-state index contributed by atoms with van der Waals surface area (Å²) in [5.74, 6) is 1.01. The molecule has 1 aromatic carbocycles. The molecule has 0 aliphatic carbocycles. The summed E-state index contributed by atoms with van der Waals surface area (Å²) in [4.78, 5) is 0.